The molecule has 1 rings (SSSR count). The van der Waals surface area contributed by atoms with Crippen LogP contribution in [0.5, 0.6) is 0 Å². The van der Waals surface area contributed by atoms with Crippen LogP contribution in [-0.4, -0.2) is 39.9 Å². The lowest BCUT2D eigenvalue weighted by molar-refractivity contribution is -0.130. The van der Waals surface area contributed by atoms with E-state index < -0.39 is 18.1 Å². The molecule has 0 saturated carbocycles. The number of carbonyl (C=O) groups is 1. The Labute approximate surface area is 114 Å². The Morgan fingerprint density at radius 1 is 1.42 bits per heavy atom. The topological polar surface area (TPSA) is 77.8 Å². The fourth-order valence-electron chi connectivity index (χ4n) is 2.59. The van der Waals surface area contributed by atoms with Crippen LogP contribution in [0, 0.1) is 11.8 Å². The zero-order valence-corrected chi connectivity index (χ0v) is 11.7. The van der Waals surface area contributed by atoms with Crippen LogP contribution >= 0.6 is 0 Å². The van der Waals surface area contributed by atoms with Crippen molar-refractivity contribution < 1.29 is 20.1 Å². The third-order valence-corrected chi connectivity index (χ3v) is 3.75. The first-order valence-electron chi connectivity index (χ1n) is 6.75. The van der Waals surface area contributed by atoms with Gasteiger partial charge in [0.15, 0.2) is 5.78 Å². The highest BCUT2D eigenvalue weighted by Gasteiger charge is 2.35. The molecule has 0 spiro atoms. The Balaban J connectivity index is 3.07. The first-order chi connectivity index (χ1) is 8.88. The third kappa shape index (κ3) is 4.00. The average Bonchev–Trinajstić information content (AvgIpc) is 2.34. The van der Waals surface area contributed by atoms with Gasteiger partial charge in [-0.05, 0) is 36.3 Å². The zero-order chi connectivity index (χ0) is 14.6. The Morgan fingerprint density at radius 3 is 2.58 bits per heavy atom. The summed E-state index contributed by atoms with van der Waals surface area (Å²) in [6.07, 6.45) is 1.13. The molecule has 0 saturated heterocycles. The maximum Gasteiger partial charge on any atom is 0.187 e. The standard InChI is InChI=1S/C15H24O4/c1-9(2)13-12(17)7-11(8-16)6-4-5-10(3)14(18)15(13)19/h6,9,12-13,15-17,19H,3-5,7-8H2,1-2H3. The van der Waals surface area contributed by atoms with E-state index in [4.69, 9.17) is 0 Å². The molecule has 4 nitrogen and oxygen atoms in total. The summed E-state index contributed by atoms with van der Waals surface area (Å²) < 4.78 is 0. The number of aliphatic hydroxyl groups is 3. The smallest absolute Gasteiger partial charge is 0.187 e. The normalized spacial score (nSPS) is 30.4. The first kappa shape index (κ1) is 16.1. The highest BCUT2D eigenvalue weighted by Crippen LogP contribution is 2.28. The molecule has 3 unspecified atom stereocenters. The van der Waals surface area contributed by atoms with Crippen molar-refractivity contribution in [1.82, 2.24) is 0 Å². The van der Waals surface area contributed by atoms with Crippen molar-refractivity contribution in [2.45, 2.75) is 45.3 Å². The molecule has 108 valence electrons. The van der Waals surface area contributed by atoms with E-state index in [9.17, 15) is 20.1 Å². The number of hydrogen-bond donors (Lipinski definition) is 3. The maximum atomic E-state index is 12.0. The van der Waals surface area contributed by atoms with Crippen molar-refractivity contribution in [3.8, 4) is 0 Å². The van der Waals surface area contributed by atoms with Gasteiger partial charge in [-0.25, -0.2) is 0 Å². The Morgan fingerprint density at radius 2 is 2.05 bits per heavy atom. The van der Waals surface area contributed by atoms with E-state index in [-0.39, 0.29) is 24.7 Å². The number of carbonyl (C=O) groups excluding carboxylic acids is 1. The number of allylic oxidation sites excluding steroid dienone is 1. The van der Waals surface area contributed by atoms with Crippen LogP contribution in [0.3, 0.4) is 0 Å². The third-order valence-electron chi connectivity index (χ3n) is 3.75. The van der Waals surface area contributed by atoms with Gasteiger partial charge >= 0.3 is 0 Å². The van der Waals surface area contributed by atoms with Crippen molar-refractivity contribution in [1.29, 1.82) is 0 Å². The van der Waals surface area contributed by atoms with E-state index in [1.165, 1.54) is 0 Å². The molecule has 4 heteroatoms. The van der Waals surface area contributed by atoms with Gasteiger partial charge in [-0.3, -0.25) is 4.79 Å². The molecule has 0 radical (unpaired) electrons. The predicted octanol–water partition coefficient (Wildman–Crippen LogP) is 1.21. The second-order valence-electron chi connectivity index (χ2n) is 5.56. The summed E-state index contributed by atoms with van der Waals surface area (Å²) in [5.41, 5.74) is 1.12. The summed E-state index contributed by atoms with van der Waals surface area (Å²) in [6.45, 7) is 7.32. The second kappa shape index (κ2) is 6.98. The van der Waals surface area contributed by atoms with Gasteiger partial charge in [-0.2, -0.15) is 0 Å². The highest BCUT2D eigenvalue weighted by molar-refractivity contribution is 5.98. The molecular formula is C15H24O4. The van der Waals surface area contributed by atoms with Crippen LogP contribution in [0.25, 0.3) is 0 Å². The molecular weight excluding hydrogens is 244 g/mol. The average molecular weight is 268 g/mol. The molecule has 0 aromatic rings. The summed E-state index contributed by atoms with van der Waals surface area (Å²) in [5.74, 6) is -0.961. The number of hydrogen-bond acceptors (Lipinski definition) is 4. The van der Waals surface area contributed by atoms with E-state index in [1.54, 1.807) is 0 Å². The van der Waals surface area contributed by atoms with Crippen molar-refractivity contribution in [2.75, 3.05) is 6.61 Å². The molecule has 0 aromatic carbocycles. The SMILES string of the molecule is C=C1CCC=C(CO)CC(O)C(C(C)C)C(O)C1=O. The van der Waals surface area contributed by atoms with Crippen molar-refractivity contribution in [2.24, 2.45) is 11.8 Å². The molecule has 0 heterocycles. The Bertz CT molecular complexity index is 370. The fourth-order valence-corrected chi connectivity index (χ4v) is 2.59. The van der Waals surface area contributed by atoms with Crippen molar-refractivity contribution >= 4 is 5.78 Å². The number of ketones is 1. The molecule has 1 aliphatic rings. The lowest BCUT2D eigenvalue weighted by Gasteiger charge is -2.31. The molecule has 19 heavy (non-hydrogen) atoms. The lowest BCUT2D eigenvalue weighted by Crippen LogP contribution is -2.41. The quantitative estimate of drug-likeness (QED) is 0.519. The minimum absolute atomic E-state index is 0.0406. The minimum Gasteiger partial charge on any atom is -0.392 e. The molecule has 0 bridgehead atoms. The van der Waals surface area contributed by atoms with Gasteiger partial charge in [0.2, 0.25) is 0 Å². The van der Waals surface area contributed by atoms with E-state index in [1.807, 2.05) is 19.9 Å². The molecule has 0 amide bonds. The Hall–Kier alpha value is -0.970. The van der Waals surface area contributed by atoms with Crippen LogP contribution < -0.4 is 0 Å². The van der Waals surface area contributed by atoms with Gasteiger partial charge in [-0.1, -0.05) is 26.5 Å². The number of rotatable bonds is 2. The van der Waals surface area contributed by atoms with E-state index >= 15 is 0 Å². The molecule has 0 aliphatic heterocycles. The molecule has 0 fully saturated rings. The highest BCUT2D eigenvalue weighted by atomic mass is 16.3. The van der Waals surface area contributed by atoms with Crippen LogP contribution in [0.1, 0.15) is 33.1 Å². The lowest BCUT2D eigenvalue weighted by atomic mass is 9.79. The van der Waals surface area contributed by atoms with Gasteiger partial charge in [0.1, 0.15) is 6.10 Å². The van der Waals surface area contributed by atoms with Gasteiger partial charge in [-0.15, -0.1) is 0 Å². The summed E-state index contributed by atoms with van der Waals surface area (Å²) in [6, 6.07) is 0. The molecule has 1 aliphatic carbocycles. The monoisotopic (exact) mass is 268 g/mol. The van der Waals surface area contributed by atoms with E-state index in [0.29, 0.717) is 18.4 Å². The van der Waals surface area contributed by atoms with E-state index in [0.717, 1.165) is 5.57 Å². The minimum atomic E-state index is -1.22. The molecule has 0 aromatic heterocycles. The fraction of sp³-hybridized carbons (Fsp3) is 0.667. The van der Waals surface area contributed by atoms with E-state index in [2.05, 4.69) is 6.58 Å². The van der Waals surface area contributed by atoms with Crippen LogP contribution in [0.15, 0.2) is 23.8 Å². The Kier molecular flexibility index (Phi) is 5.91. The molecule has 3 atom stereocenters. The maximum absolute atomic E-state index is 12.0. The summed E-state index contributed by atoms with van der Waals surface area (Å²) in [7, 11) is 0. The van der Waals surface area contributed by atoms with Crippen molar-refractivity contribution in [3.63, 3.8) is 0 Å². The van der Waals surface area contributed by atoms with Crippen LogP contribution in [0.4, 0.5) is 0 Å². The van der Waals surface area contributed by atoms with Gasteiger partial charge in [0.25, 0.3) is 0 Å². The molecule has 3 N–H and O–H groups in total. The van der Waals surface area contributed by atoms with Gasteiger partial charge < -0.3 is 15.3 Å². The second-order valence-corrected chi connectivity index (χ2v) is 5.56. The summed E-state index contributed by atoms with van der Waals surface area (Å²) in [5, 5.41) is 29.7. The zero-order valence-electron chi connectivity index (χ0n) is 11.7. The van der Waals surface area contributed by atoms with Gasteiger partial charge in [0, 0.05) is 5.92 Å². The summed E-state index contributed by atoms with van der Waals surface area (Å²) in [4.78, 5) is 12.0. The predicted molar refractivity (Wildman–Crippen MR) is 73.5 cm³/mol. The van der Waals surface area contributed by atoms with Gasteiger partial charge in [0.05, 0.1) is 12.7 Å². The van der Waals surface area contributed by atoms with Crippen LogP contribution in [0.2, 0.25) is 0 Å². The largest absolute Gasteiger partial charge is 0.392 e. The number of aliphatic hydroxyl groups excluding tert-OH is 3. The van der Waals surface area contributed by atoms with Crippen LogP contribution in [-0.2, 0) is 4.79 Å². The number of Topliss-reactive ketones (excluding diaryl/α,β-unsaturated/α-hetero) is 1. The summed E-state index contributed by atoms with van der Waals surface area (Å²) >= 11 is 0. The first-order valence-corrected chi connectivity index (χ1v) is 6.75. The van der Waals surface area contributed by atoms with Crippen molar-refractivity contribution in [3.05, 3.63) is 23.8 Å².